The number of pyridine rings is 1. The Kier molecular flexibility index (Phi) is 6.92. The highest BCUT2D eigenvalue weighted by Gasteiger charge is 2.42. The Morgan fingerprint density at radius 2 is 2.15 bits per heavy atom. The Labute approximate surface area is 178 Å². The number of hydrogen-bond acceptors (Lipinski definition) is 3. The van der Waals surface area contributed by atoms with Gasteiger partial charge < -0.3 is 15.0 Å². The molecule has 146 valence electrons. The molecule has 1 spiro atoms. The van der Waals surface area contributed by atoms with E-state index in [0.717, 1.165) is 63.0 Å². The van der Waals surface area contributed by atoms with Crippen LogP contribution in [-0.4, -0.2) is 55.2 Å². The Hall–Kier alpha value is -1.41. The number of benzene rings is 1. The molecule has 5 nitrogen and oxygen atoms in total. The highest BCUT2D eigenvalue weighted by molar-refractivity contribution is 14.0. The molecule has 0 bridgehead atoms. The fourth-order valence-electron chi connectivity index (χ4n) is 4.04. The van der Waals surface area contributed by atoms with Crippen LogP contribution in [0.4, 0.5) is 0 Å². The van der Waals surface area contributed by atoms with E-state index in [1.807, 2.05) is 6.07 Å². The summed E-state index contributed by atoms with van der Waals surface area (Å²) in [6, 6.07) is 12.5. The topological polar surface area (TPSA) is 49.8 Å². The molecule has 1 atom stereocenters. The summed E-state index contributed by atoms with van der Waals surface area (Å²) in [6.45, 7) is 7.74. The second-order valence-corrected chi connectivity index (χ2v) is 7.46. The van der Waals surface area contributed by atoms with Crippen LogP contribution in [0.5, 0.6) is 0 Å². The van der Waals surface area contributed by atoms with Crippen molar-refractivity contribution in [3.8, 4) is 0 Å². The van der Waals surface area contributed by atoms with E-state index in [1.165, 1.54) is 18.2 Å². The first-order valence-corrected chi connectivity index (χ1v) is 9.74. The van der Waals surface area contributed by atoms with Crippen LogP contribution >= 0.6 is 24.0 Å². The van der Waals surface area contributed by atoms with E-state index in [1.54, 1.807) is 0 Å². The molecular weight excluding hydrogens is 451 g/mol. The lowest BCUT2D eigenvalue weighted by molar-refractivity contribution is 0.156. The van der Waals surface area contributed by atoms with Gasteiger partial charge in [0.1, 0.15) is 0 Å². The molecule has 2 aromatic rings. The first kappa shape index (κ1) is 20.3. The van der Waals surface area contributed by atoms with E-state index in [4.69, 9.17) is 14.7 Å². The van der Waals surface area contributed by atoms with Crippen LogP contribution in [0.25, 0.3) is 10.9 Å². The molecule has 2 aliphatic rings. The highest BCUT2D eigenvalue weighted by Crippen LogP contribution is 2.38. The quantitative estimate of drug-likeness (QED) is 0.414. The first-order chi connectivity index (χ1) is 12.8. The zero-order valence-electron chi connectivity index (χ0n) is 16.0. The zero-order valence-corrected chi connectivity index (χ0v) is 18.3. The minimum absolute atomic E-state index is 0. The molecular formula is C21H29IN4O. The van der Waals surface area contributed by atoms with E-state index in [0.29, 0.717) is 5.41 Å². The Morgan fingerprint density at radius 1 is 1.26 bits per heavy atom. The minimum atomic E-state index is 0. The Bertz CT molecular complexity index is 789. The lowest BCUT2D eigenvalue weighted by Gasteiger charge is -2.25. The monoisotopic (exact) mass is 480 g/mol. The standard InChI is InChI=1S/C21H28N4O.HI/c1-2-22-20(25-13-10-21(15-25)11-14-26-16-21)23-12-9-18-8-7-17-5-3-4-6-19(17)24-18;/h3-8H,2,9-16H2,1H3,(H,22,23);1H. The summed E-state index contributed by atoms with van der Waals surface area (Å²) >= 11 is 0. The van der Waals surface area contributed by atoms with Crippen LogP contribution in [0.3, 0.4) is 0 Å². The smallest absolute Gasteiger partial charge is 0.193 e. The summed E-state index contributed by atoms with van der Waals surface area (Å²) in [4.78, 5) is 12.0. The van der Waals surface area contributed by atoms with Crippen molar-refractivity contribution in [1.29, 1.82) is 0 Å². The van der Waals surface area contributed by atoms with Gasteiger partial charge in [0.15, 0.2) is 5.96 Å². The summed E-state index contributed by atoms with van der Waals surface area (Å²) < 4.78 is 5.65. The molecule has 27 heavy (non-hydrogen) atoms. The van der Waals surface area contributed by atoms with Gasteiger partial charge in [-0.25, -0.2) is 0 Å². The molecule has 1 aromatic carbocycles. The SMILES string of the molecule is CCNC(=NCCc1ccc2ccccc2n1)N1CCC2(CCOC2)C1.I. The number of halogens is 1. The molecule has 3 heterocycles. The molecule has 2 fully saturated rings. The van der Waals surface area contributed by atoms with Crippen LogP contribution in [0, 0.1) is 5.41 Å². The van der Waals surface area contributed by atoms with Gasteiger partial charge >= 0.3 is 0 Å². The van der Waals surface area contributed by atoms with Crippen molar-refractivity contribution >= 4 is 40.8 Å². The average Bonchev–Trinajstić information content (AvgIpc) is 3.31. The number of guanidine groups is 1. The fraction of sp³-hybridized carbons (Fsp3) is 0.524. The molecule has 0 radical (unpaired) electrons. The number of nitrogens with zero attached hydrogens (tertiary/aromatic N) is 3. The second-order valence-electron chi connectivity index (χ2n) is 7.46. The largest absolute Gasteiger partial charge is 0.381 e. The molecule has 4 rings (SSSR count). The van der Waals surface area contributed by atoms with Gasteiger partial charge in [0.05, 0.1) is 12.1 Å². The summed E-state index contributed by atoms with van der Waals surface area (Å²) in [5.41, 5.74) is 2.52. The van der Waals surface area contributed by atoms with Crippen molar-refractivity contribution in [2.45, 2.75) is 26.2 Å². The number of ether oxygens (including phenoxy) is 1. The number of aromatic nitrogens is 1. The van der Waals surface area contributed by atoms with Gasteiger partial charge in [0.25, 0.3) is 0 Å². The van der Waals surface area contributed by atoms with Crippen molar-refractivity contribution in [3.63, 3.8) is 0 Å². The second kappa shape index (κ2) is 9.19. The van der Waals surface area contributed by atoms with Crippen molar-refractivity contribution in [2.75, 3.05) is 39.4 Å². The predicted molar refractivity (Wildman–Crippen MR) is 121 cm³/mol. The fourth-order valence-corrected chi connectivity index (χ4v) is 4.04. The van der Waals surface area contributed by atoms with E-state index in [9.17, 15) is 0 Å². The molecule has 0 aliphatic carbocycles. The number of para-hydroxylation sites is 1. The predicted octanol–water partition coefficient (Wildman–Crippen LogP) is 3.47. The van der Waals surface area contributed by atoms with Gasteiger partial charge in [0, 0.05) is 55.7 Å². The maximum atomic E-state index is 5.65. The normalized spacial score (nSPS) is 22.4. The van der Waals surface area contributed by atoms with E-state index in [2.05, 4.69) is 47.5 Å². The molecule has 2 aliphatic heterocycles. The van der Waals surface area contributed by atoms with Gasteiger partial charge in [-0.3, -0.25) is 9.98 Å². The van der Waals surface area contributed by atoms with Gasteiger partial charge in [-0.15, -0.1) is 24.0 Å². The van der Waals surface area contributed by atoms with Gasteiger partial charge in [-0.1, -0.05) is 24.3 Å². The molecule has 1 N–H and O–H groups in total. The average molecular weight is 480 g/mol. The van der Waals surface area contributed by atoms with Crippen molar-refractivity contribution < 1.29 is 4.74 Å². The Balaban J connectivity index is 0.00000210. The number of hydrogen-bond donors (Lipinski definition) is 1. The third-order valence-electron chi connectivity index (χ3n) is 5.54. The van der Waals surface area contributed by atoms with E-state index in [-0.39, 0.29) is 24.0 Å². The molecule has 1 unspecified atom stereocenters. The van der Waals surface area contributed by atoms with Crippen molar-refractivity contribution in [1.82, 2.24) is 15.2 Å². The number of fused-ring (bicyclic) bond motifs is 1. The van der Waals surface area contributed by atoms with Crippen LogP contribution < -0.4 is 5.32 Å². The molecule has 2 saturated heterocycles. The van der Waals surface area contributed by atoms with E-state index >= 15 is 0 Å². The van der Waals surface area contributed by atoms with Crippen molar-refractivity contribution in [3.05, 3.63) is 42.1 Å². The summed E-state index contributed by atoms with van der Waals surface area (Å²) in [7, 11) is 0. The Morgan fingerprint density at radius 3 is 2.96 bits per heavy atom. The van der Waals surface area contributed by atoms with Crippen LogP contribution in [0.15, 0.2) is 41.4 Å². The molecule has 0 saturated carbocycles. The number of likely N-dealkylation sites (tertiary alicyclic amines) is 1. The van der Waals surface area contributed by atoms with Crippen LogP contribution in [0.2, 0.25) is 0 Å². The summed E-state index contributed by atoms with van der Waals surface area (Å²) in [6.07, 6.45) is 3.26. The van der Waals surface area contributed by atoms with Crippen LogP contribution in [-0.2, 0) is 11.2 Å². The molecule has 1 aromatic heterocycles. The maximum Gasteiger partial charge on any atom is 0.193 e. The molecule has 0 amide bonds. The number of rotatable bonds is 4. The summed E-state index contributed by atoms with van der Waals surface area (Å²) in [5, 5.41) is 4.65. The number of nitrogens with one attached hydrogen (secondary N) is 1. The van der Waals surface area contributed by atoms with Gasteiger partial charge in [-0.05, 0) is 31.9 Å². The molecule has 6 heteroatoms. The highest BCUT2D eigenvalue weighted by atomic mass is 127. The third-order valence-corrected chi connectivity index (χ3v) is 5.54. The lowest BCUT2D eigenvalue weighted by Crippen LogP contribution is -2.41. The lowest BCUT2D eigenvalue weighted by atomic mass is 9.87. The summed E-state index contributed by atoms with van der Waals surface area (Å²) in [5.74, 6) is 1.04. The minimum Gasteiger partial charge on any atom is -0.381 e. The van der Waals surface area contributed by atoms with Crippen LogP contribution in [0.1, 0.15) is 25.5 Å². The van der Waals surface area contributed by atoms with Crippen molar-refractivity contribution in [2.24, 2.45) is 10.4 Å². The zero-order chi connectivity index (χ0) is 17.8. The first-order valence-electron chi connectivity index (χ1n) is 9.74. The third kappa shape index (κ3) is 4.71. The van der Waals surface area contributed by atoms with Gasteiger partial charge in [0.2, 0.25) is 0 Å². The number of aliphatic imine (C=N–C) groups is 1. The van der Waals surface area contributed by atoms with E-state index < -0.39 is 0 Å². The maximum absolute atomic E-state index is 5.65. The van der Waals surface area contributed by atoms with Gasteiger partial charge in [-0.2, -0.15) is 0 Å².